The van der Waals surface area contributed by atoms with Crippen molar-refractivity contribution in [1.29, 1.82) is 0 Å². The maximum Gasteiger partial charge on any atom is 0.0931 e. The van der Waals surface area contributed by atoms with Gasteiger partial charge in [0.15, 0.2) is 0 Å². The van der Waals surface area contributed by atoms with Crippen LogP contribution in [0.2, 0.25) is 4.34 Å². The molecule has 0 radical (unpaired) electrons. The summed E-state index contributed by atoms with van der Waals surface area (Å²) in [5, 5.41) is 0. The molecule has 0 aliphatic carbocycles. The summed E-state index contributed by atoms with van der Waals surface area (Å²) in [7, 11) is 0. The van der Waals surface area contributed by atoms with Crippen LogP contribution in [-0.4, -0.2) is 12.7 Å². The summed E-state index contributed by atoms with van der Waals surface area (Å²) >= 11 is 7.45. The highest BCUT2D eigenvalue weighted by molar-refractivity contribution is 7.16. The number of ether oxygens (including phenoxy) is 1. The number of rotatable bonds is 3. The minimum Gasteiger partial charge on any atom is -0.373 e. The van der Waals surface area contributed by atoms with Gasteiger partial charge in [0.1, 0.15) is 0 Å². The fraction of sp³-hybridized carbons (Fsp3) is 0.500. The molecule has 1 aromatic heterocycles. The van der Waals surface area contributed by atoms with Gasteiger partial charge >= 0.3 is 0 Å². The zero-order chi connectivity index (χ0) is 7.68. The van der Waals surface area contributed by atoms with Crippen LogP contribution < -0.4 is 0 Å². The van der Waals surface area contributed by atoms with E-state index in [1.165, 1.54) is 4.88 Å². The Morgan fingerprint density at radius 2 is 2.45 bits per heavy atom. The van der Waals surface area contributed by atoms with Gasteiger partial charge in [-0.1, -0.05) is 11.6 Å². The SMILES string of the molecule is Clc1ccc(CCC2CO2)s1. The van der Waals surface area contributed by atoms with Crippen LogP contribution in [0, 0.1) is 0 Å². The third-order valence-electron chi connectivity index (χ3n) is 1.74. The molecular formula is C8H9ClOS. The molecular weight excluding hydrogens is 180 g/mol. The molecule has 60 valence electrons. The monoisotopic (exact) mass is 188 g/mol. The second-order valence-electron chi connectivity index (χ2n) is 2.70. The molecule has 0 spiro atoms. The Morgan fingerprint density at radius 1 is 1.64 bits per heavy atom. The second-order valence-corrected chi connectivity index (χ2v) is 4.50. The van der Waals surface area contributed by atoms with Crippen molar-refractivity contribution >= 4 is 22.9 Å². The Morgan fingerprint density at radius 3 is 3.00 bits per heavy atom. The van der Waals surface area contributed by atoms with Crippen molar-refractivity contribution in [3.63, 3.8) is 0 Å². The van der Waals surface area contributed by atoms with E-state index in [4.69, 9.17) is 16.3 Å². The van der Waals surface area contributed by atoms with Crippen LogP contribution in [0.25, 0.3) is 0 Å². The molecule has 0 N–H and O–H groups in total. The molecule has 1 unspecified atom stereocenters. The maximum atomic E-state index is 5.78. The van der Waals surface area contributed by atoms with Crippen LogP contribution in [0.1, 0.15) is 11.3 Å². The van der Waals surface area contributed by atoms with E-state index in [1.54, 1.807) is 11.3 Å². The van der Waals surface area contributed by atoms with Crippen molar-refractivity contribution in [1.82, 2.24) is 0 Å². The average Bonchev–Trinajstić information content (AvgIpc) is 2.72. The summed E-state index contributed by atoms with van der Waals surface area (Å²) in [5.74, 6) is 0. The molecule has 1 aliphatic heterocycles. The number of hydrogen-bond donors (Lipinski definition) is 0. The highest BCUT2D eigenvalue weighted by Gasteiger charge is 2.21. The van der Waals surface area contributed by atoms with E-state index < -0.39 is 0 Å². The van der Waals surface area contributed by atoms with Gasteiger partial charge in [0.25, 0.3) is 0 Å². The lowest BCUT2D eigenvalue weighted by Crippen LogP contribution is -1.87. The molecule has 1 saturated heterocycles. The van der Waals surface area contributed by atoms with Crippen LogP contribution in [0.3, 0.4) is 0 Å². The minimum absolute atomic E-state index is 0.538. The van der Waals surface area contributed by atoms with Gasteiger partial charge in [0.2, 0.25) is 0 Å². The standard InChI is InChI=1S/C8H9ClOS/c9-8-4-3-7(11-8)2-1-6-5-10-6/h3-4,6H,1-2,5H2. The Bertz CT molecular complexity index is 242. The van der Waals surface area contributed by atoms with Crippen LogP contribution >= 0.6 is 22.9 Å². The molecule has 1 aliphatic rings. The average molecular weight is 189 g/mol. The lowest BCUT2D eigenvalue weighted by molar-refractivity contribution is 0.397. The number of epoxide rings is 1. The van der Waals surface area contributed by atoms with E-state index in [9.17, 15) is 0 Å². The molecule has 2 heterocycles. The summed E-state index contributed by atoms with van der Waals surface area (Å²) in [5.41, 5.74) is 0. The Labute approximate surface area is 74.9 Å². The topological polar surface area (TPSA) is 12.5 Å². The molecule has 2 rings (SSSR count). The van der Waals surface area contributed by atoms with Gasteiger partial charge in [-0.05, 0) is 25.0 Å². The van der Waals surface area contributed by atoms with Gasteiger partial charge in [0.05, 0.1) is 17.0 Å². The van der Waals surface area contributed by atoms with Crippen molar-refractivity contribution in [3.8, 4) is 0 Å². The smallest absolute Gasteiger partial charge is 0.0931 e. The van der Waals surface area contributed by atoms with E-state index in [0.717, 1.165) is 23.8 Å². The third-order valence-corrected chi connectivity index (χ3v) is 3.03. The van der Waals surface area contributed by atoms with Gasteiger partial charge < -0.3 is 4.74 Å². The summed E-state index contributed by atoms with van der Waals surface area (Å²) in [4.78, 5) is 1.37. The first-order valence-corrected chi connectivity index (χ1v) is 4.90. The van der Waals surface area contributed by atoms with E-state index in [1.807, 2.05) is 6.07 Å². The molecule has 0 aromatic carbocycles. The third kappa shape index (κ3) is 2.19. The van der Waals surface area contributed by atoms with Crippen molar-refractivity contribution in [2.75, 3.05) is 6.61 Å². The zero-order valence-electron chi connectivity index (χ0n) is 6.05. The van der Waals surface area contributed by atoms with Crippen molar-refractivity contribution in [3.05, 3.63) is 21.3 Å². The quantitative estimate of drug-likeness (QED) is 0.665. The van der Waals surface area contributed by atoms with Crippen LogP contribution in [0.15, 0.2) is 12.1 Å². The summed E-state index contributed by atoms with van der Waals surface area (Å²) in [6, 6.07) is 4.05. The van der Waals surface area contributed by atoms with E-state index in [0.29, 0.717) is 6.10 Å². The Kier molecular flexibility index (Phi) is 2.16. The predicted molar refractivity (Wildman–Crippen MR) is 47.4 cm³/mol. The molecule has 3 heteroatoms. The van der Waals surface area contributed by atoms with Crippen molar-refractivity contribution in [2.24, 2.45) is 0 Å². The van der Waals surface area contributed by atoms with Gasteiger partial charge in [-0.2, -0.15) is 0 Å². The minimum atomic E-state index is 0.538. The first-order chi connectivity index (χ1) is 5.34. The highest BCUT2D eigenvalue weighted by Crippen LogP contribution is 2.24. The fourth-order valence-electron chi connectivity index (χ4n) is 1.02. The second kappa shape index (κ2) is 3.13. The molecule has 1 aromatic rings. The lowest BCUT2D eigenvalue weighted by atomic mass is 10.2. The van der Waals surface area contributed by atoms with Crippen molar-refractivity contribution in [2.45, 2.75) is 18.9 Å². The first kappa shape index (κ1) is 7.59. The maximum absolute atomic E-state index is 5.78. The molecule has 0 saturated carbocycles. The van der Waals surface area contributed by atoms with Crippen molar-refractivity contribution < 1.29 is 4.74 Å². The lowest BCUT2D eigenvalue weighted by Gasteiger charge is -1.90. The van der Waals surface area contributed by atoms with Gasteiger partial charge in [-0.3, -0.25) is 0 Å². The Hall–Kier alpha value is -0.0500. The summed E-state index contributed by atoms with van der Waals surface area (Å²) in [6.07, 6.45) is 2.80. The van der Waals surface area contributed by atoms with Gasteiger partial charge in [-0.25, -0.2) is 0 Å². The van der Waals surface area contributed by atoms with Gasteiger partial charge in [0, 0.05) is 4.88 Å². The summed E-state index contributed by atoms with van der Waals surface area (Å²) in [6.45, 7) is 0.957. The number of aryl methyl sites for hydroxylation is 1. The number of halogens is 1. The number of thiophene rings is 1. The van der Waals surface area contributed by atoms with E-state index >= 15 is 0 Å². The molecule has 11 heavy (non-hydrogen) atoms. The molecule has 1 atom stereocenters. The normalized spacial score (nSPS) is 22.1. The summed E-state index contributed by atoms with van der Waals surface area (Å²) < 4.78 is 5.99. The van der Waals surface area contributed by atoms with Crippen LogP contribution in [0.4, 0.5) is 0 Å². The molecule has 1 nitrogen and oxygen atoms in total. The Balaban J connectivity index is 1.85. The first-order valence-electron chi connectivity index (χ1n) is 3.70. The predicted octanol–water partition coefficient (Wildman–Crippen LogP) is 2.73. The molecule has 0 amide bonds. The van der Waals surface area contributed by atoms with E-state index in [-0.39, 0.29) is 0 Å². The fourth-order valence-corrected chi connectivity index (χ4v) is 2.13. The highest BCUT2D eigenvalue weighted by atomic mass is 35.5. The largest absolute Gasteiger partial charge is 0.373 e. The van der Waals surface area contributed by atoms with Crippen LogP contribution in [0.5, 0.6) is 0 Å². The number of hydrogen-bond acceptors (Lipinski definition) is 2. The molecule has 0 bridgehead atoms. The molecule has 1 fully saturated rings. The zero-order valence-corrected chi connectivity index (χ0v) is 7.62. The van der Waals surface area contributed by atoms with Gasteiger partial charge in [-0.15, -0.1) is 11.3 Å². The van der Waals surface area contributed by atoms with Crippen LogP contribution in [-0.2, 0) is 11.2 Å². The van der Waals surface area contributed by atoms with E-state index in [2.05, 4.69) is 6.07 Å².